The molecule has 2 aromatic rings. The van der Waals surface area contributed by atoms with Crippen LogP contribution in [0.4, 0.5) is 4.39 Å². The summed E-state index contributed by atoms with van der Waals surface area (Å²) in [5.41, 5.74) is 0.249. The fourth-order valence-corrected chi connectivity index (χ4v) is 1.28. The van der Waals surface area contributed by atoms with Gasteiger partial charge in [0, 0.05) is 0 Å². The summed E-state index contributed by atoms with van der Waals surface area (Å²) < 4.78 is 18.3. The number of oxazole rings is 1. The Bertz CT molecular complexity index is 639. The number of benzene rings is 1. The largest absolute Gasteiger partial charge is 1.00 e. The number of carboxylic acids is 1. The van der Waals surface area contributed by atoms with Crippen LogP contribution in [0, 0.1) is 17.1 Å². The molecule has 86 valence electrons. The fourth-order valence-electron chi connectivity index (χ4n) is 1.28. The SMILES string of the molecule is N#Cc1ccc(F)c(-c2cnc(C(=O)O)o2)c1.[H-].[Li+]. The van der Waals surface area contributed by atoms with Crippen LogP contribution in [0.3, 0.4) is 0 Å². The molecule has 0 bridgehead atoms. The van der Waals surface area contributed by atoms with E-state index in [2.05, 4.69) is 4.98 Å². The van der Waals surface area contributed by atoms with Crippen LogP contribution in [-0.2, 0) is 0 Å². The van der Waals surface area contributed by atoms with E-state index < -0.39 is 17.7 Å². The van der Waals surface area contributed by atoms with Gasteiger partial charge in [-0.2, -0.15) is 5.26 Å². The third-order valence-electron chi connectivity index (χ3n) is 2.05. The molecule has 0 fully saturated rings. The van der Waals surface area contributed by atoms with Gasteiger partial charge < -0.3 is 11.0 Å². The van der Waals surface area contributed by atoms with Crippen molar-refractivity contribution < 1.29 is 39.0 Å². The summed E-state index contributed by atoms with van der Waals surface area (Å²) in [6, 6.07) is 5.53. The second kappa shape index (κ2) is 5.50. The molecule has 1 aromatic heterocycles. The topological polar surface area (TPSA) is 87.1 Å². The summed E-state index contributed by atoms with van der Waals surface area (Å²) in [5.74, 6) is -2.51. The zero-order valence-corrected chi connectivity index (χ0v) is 9.35. The Hall–Kier alpha value is -2.08. The molecule has 0 saturated carbocycles. The molecule has 0 saturated heterocycles. The second-order valence-corrected chi connectivity index (χ2v) is 3.14. The minimum atomic E-state index is -1.34. The first-order valence-electron chi connectivity index (χ1n) is 4.51. The molecule has 2 rings (SSSR count). The normalized spacial score (nSPS) is 9.33. The number of halogens is 1. The van der Waals surface area contributed by atoms with Crippen molar-refractivity contribution in [1.29, 1.82) is 5.26 Å². The molecule has 0 spiro atoms. The number of aromatic carboxylic acids is 1. The van der Waals surface area contributed by atoms with Gasteiger partial charge in [0.15, 0.2) is 5.76 Å². The van der Waals surface area contributed by atoms with Gasteiger partial charge in [-0.3, -0.25) is 0 Å². The van der Waals surface area contributed by atoms with Crippen molar-refractivity contribution in [2.24, 2.45) is 0 Å². The van der Waals surface area contributed by atoms with Crippen molar-refractivity contribution in [1.82, 2.24) is 4.98 Å². The van der Waals surface area contributed by atoms with Gasteiger partial charge in [-0.05, 0) is 18.2 Å². The molecule has 0 radical (unpaired) electrons. The number of hydrogen-bond donors (Lipinski definition) is 1. The molecular weight excluding hydrogens is 234 g/mol. The number of carbonyl (C=O) groups is 1. The summed E-state index contributed by atoms with van der Waals surface area (Å²) >= 11 is 0. The van der Waals surface area contributed by atoms with E-state index in [1.54, 1.807) is 0 Å². The predicted octanol–water partition coefficient (Wildman–Crippen LogP) is -0.833. The van der Waals surface area contributed by atoms with E-state index in [0.717, 1.165) is 12.3 Å². The van der Waals surface area contributed by atoms with Crippen LogP contribution in [0.1, 0.15) is 17.7 Å². The van der Waals surface area contributed by atoms with Crippen LogP contribution in [0.2, 0.25) is 0 Å². The molecule has 1 N–H and O–H groups in total. The third kappa shape index (κ3) is 2.59. The first-order valence-corrected chi connectivity index (χ1v) is 4.51. The Balaban J connectivity index is 0.00000162. The molecule has 18 heavy (non-hydrogen) atoms. The molecular formula is C11H6FLiN2O3. The molecule has 7 heteroatoms. The van der Waals surface area contributed by atoms with E-state index in [1.807, 2.05) is 6.07 Å². The average molecular weight is 240 g/mol. The van der Waals surface area contributed by atoms with E-state index in [9.17, 15) is 9.18 Å². The van der Waals surface area contributed by atoms with Crippen LogP contribution in [0.25, 0.3) is 11.3 Å². The molecule has 1 aromatic carbocycles. The number of rotatable bonds is 2. The number of hydrogen-bond acceptors (Lipinski definition) is 4. The van der Waals surface area contributed by atoms with E-state index in [1.165, 1.54) is 12.1 Å². The van der Waals surface area contributed by atoms with Gasteiger partial charge in [-0.15, -0.1) is 0 Å². The number of nitrogens with zero attached hydrogens (tertiary/aromatic N) is 2. The monoisotopic (exact) mass is 240 g/mol. The van der Waals surface area contributed by atoms with Crippen molar-refractivity contribution in [3.63, 3.8) is 0 Å². The molecule has 0 aliphatic heterocycles. The summed E-state index contributed by atoms with van der Waals surface area (Å²) in [7, 11) is 0. The van der Waals surface area contributed by atoms with Crippen molar-refractivity contribution >= 4 is 5.97 Å². The van der Waals surface area contributed by atoms with Crippen LogP contribution in [0.15, 0.2) is 28.8 Å². The molecule has 1 heterocycles. The van der Waals surface area contributed by atoms with Crippen LogP contribution in [-0.4, -0.2) is 16.1 Å². The van der Waals surface area contributed by atoms with E-state index in [0.29, 0.717) is 0 Å². The Morgan fingerprint density at radius 1 is 1.56 bits per heavy atom. The fraction of sp³-hybridized carbons (Fsp3) is 0. The molecule has 0 atom stereocenters. The standard InChI is InChI=1S/C11H5FN2O3.Li.H/c12-8-2-1-6(4-13)3-7(8)9-5-14-10(17-9)11(15)16;;/h1-3,5H,(H,15,16);;/q;+1;-1. The maximum Gasteiger partial charge on any atom is 1.00 e. The van der Waals surface area contributed by atoms with Gasteiger partial charge in [0.2, 0.25) is 0 Å². The summed E-state index contributed by atoms with van der Waals surface area (Å²) in [5, 5.41) is 17.3. The number of aromatic nitrogens is 1. The zero-order valence-electron chi connectivity index (χ0n) is 10.3. The number of carboxylic acid groups (broad SMARTS) is 1. The summed E-state index contributed by atoms with van der Waals surface area (Å²) in [6.45, 7) is 0. The predicted molar refractivity (Wildman–Crippen MR) is 54.7 cm³/mol. The van der Waals surface area contributed by atoms with E-state index in [-0.39, 0.29) is 37.2 Å². The van der Waals surface area contributed by atoms with Crippen molar-refractivity contribution in [2.45, 2.75) is 0 Å². The van der Waals surface area contributed by atoms with Crippen molar-refractivity contribution in [3.05, 3.63) is 41.7 Å². The Morgan fingerprint density at radius 2 is 2.28 bits per heavy atom. The molecule has 0 amide bonds. The van der Waals surface area contributed by atoms with Gasteiger partial charge in [0.05, 0.1) is 23.4 Å². The van der Waals surface area contributed by atoms with Crippen LogP contribution in [0.5, 0.6) is 0 Å². The average Bonchev–Trinajstić information content (AvgIpc) is 2.79. The van der Waals surface area contributed by atoms with Crippen LogP contribution >= 0.6 is 0 Å². The minimum absolute atomic E-state index is 0. The number of nitriles is 1. The van der Waals surface area contributed by atoms with Gasteiger partial charge in [-0.25, -0.2) is 14.2 Å². The van der Waals surface area contributed by atoms with Crippen molar-refractivity contribution in [2.75, 3.05) is 0 Å². The van der Waals surface area contributed by atoms with Gasteiger partial charge in [0.1, 0.15) is 5.82 Å². The minimum Gasteiger partial charge on any atom is -1.00 e. The van der Waals surface area contributed by atoms with E-state index >= 15 is 0 Å². The first kappa shape index (κ1) is 14.0. The van der Waals surface area contributed by atoms with E-state index in [4.69, 9.17) is 14.8 Å². The zero-order chi connectivity index (χ0) is 12.4. The van der Waals surface area contributed by atoms with Gasteiger partial charge in [-0.1, -0.05) is 0 Å². The molecule has 0 unspecified atom stereocenters. The Morgan fingerprint density at radius 3 is 2.83 bits per heavy atom. The third-order valence-corrected chi connectivity index (χ3v) is 2.05. The van der Waals surface area contributed by atoms with Crippen LogP contribution < -0.4 is 18.9 Å². The first-order chi connectivity index (χ1) is 8.11. The molecule has 5 nitrogen and oxygen atoms in total. The molecule has 0 aliphatic carbocycles. The smallest absolute Gasteiger partial charge is 1.00 e. The summed E-state index contributed by atoms with van der Waals surface area (Å²) in [6.07, 6.45) is 1.10. The maximum absolute atomic E-state index is 13.5. The van der Waals surface area contributed by atoms with Crippen molar-refractivity contribution in [3.8, 4) is 17.4 Å². The van der Waals surface area contributed by atoms with Gasteiger partial charge in [0.25, 0.3) is 0 Å². The Labute approximate surface area is 115 Å². The Kier molecular flexibility index (Phi) is 4.27. The molecule has 0 aliphatic rings. The second-order valence-electron chi connectivity index (χ2n) is 3.14. The quantitative estimate of drug-likeness (QED) is 0.692. The maximum atomic E-state index is 13.5. The summed E-state index contributed by atoms with van der Waals surface area (Å²) in [4.78, 5) is 14.0. The van der Waals surface area contributed by atoms with Gasteiger partial charge >= 0.3 is 30.7 Å².